The summed E-state index contributed by atoms with van der Waals surface area (Å²) in [4.78, 5) is 16.8. The van der Waals surface area contributed by atoms with Crippen LogP contribution < -0.4 is 4.90 Å². The average Bonchev–Trinajstić information content (AvgIpc) is 2.63. The lowest BCUT2D eigenvalue weighted by Crippen LogP contribution is -2.48. The molecule has 24 heavy (non-hydrogen) atoms. The lowest BCUT2D eigenvalue weighted by molar-refractivity contribution is -0.131. The van der Waals surface area contributed by atoms with Crippen molar-refractivity contribution in [3.63, 3.8) is 0 Å². The molecule has 1 aliphatic heterocycles. The summed E-state index contributed by atoms with van der Waals surface area (Å²) in [5.74, 6) is 0.301. The van der Waals surface area contributed by atoms with Gasteiger partial charge in [-0.15, -0.1) is 0 Å². The number of hydrogen-bond donors (Lipinski definition) is 0. The van der Waals surface area contributed by atoms with E-state index in [0.717, 1.165) is 39.0 Å². The highest BCUT2D eigenvalue weighted by Gasteiger charge is 2.20. The molecular formula is C21H26N2O. The first-order chi connectivity index (χ1) is 11.7. The van der Waals surface area contributed by atoms with Gasteiger partial charge in [-0.25, -0.2) is 0 Å². The first-order valence-electron chi connectivity index (χ1n) is 8.86. The Labute approximate surface area is 144 Å². The molecule has 0 spiro atoms. The predicted octanol–water partition coefficient (Wildman–Crippen LogP) is 3.67. The van der Waals surface area contributed by atoms with Gasteiger partial charge in [0, 0.05) is 38.3 Å². The van der Waals surface area contributed by atoms with Crippen molar-refractivity contribution in [3.05, 3.63) is 65.7 Å². The van der Waals surface area contributed by atoms with E-state index < -0.39 is 0 Å². The van der Waals surface area contributed by atoms with Gasteiger partial charge in [0.05, 0.1) is 0 Å². The summed E-state index contributed by atoms with van der Waals surface area (Å²) in [6.07, 6.45) is 2.57. The van der Waals surface area contributed by atoms with E-state index in [-0.39, 0.29) is 0 Å². The molecule has 0 saturated carbocycles. The third-order valence-electron chi connectivity index (χ3n) is 4.70. The third-order valence-corrected chi connectivity index (χ3v) is 4.70. The molecule has 3 nitrogen and oxygen atoms in total. The number of piperazine rings is 1. The molecule has 1 amide bonds. The quantitative estimate of drug-likeness (QED) is 0.838. The molecule has 0 radical (unpaired) electrons. The third kappa shape index (κ3) is 4.38. The Morgan fingerprint density at radius 2 is 1.71 bits per heavy atom. The average molecular weight is 322 g/mol. The van der Waals surface area contributed by atoms with Gasteiger partial charge in [0.15, 0.2) is 0 Å². The van der Waals surface area contributed by atoms with Crippen LogP contribution in [-0.2, 0) is 11.2 Å². The van der Waals surface area contributed by atoms with Crippen molar-refractivity contribution >= 4 is 11.6 Å². The fraction of sp³-hybridized carbons (Fsp3) is 0.381. The first kappa shape index (κ1) is 16.6. The highest BCUT2D eigenvalue weighted by atomic mass is 16.2. The number of carbonyl (C=O) groups is 1. The van der Waals surface area contributed by atoms with E-state index in [2.05, 4.69) is 60.4 Å². The molecule has 3 rings (SSSR count). The SMILES string of the molecule is Cc1cccc(N2CCN(C(=O)CCCc3ccccc3)CC2)c1. The van der Waals surface area contributed by atoms with E-state index in [4.69, 9.17) is 0 Å². The second-order valence-electron chi connectivity index (χ2n) is 6.55. The van der Waals surface area contributed by atoms with Crippen LogP contribution in [0.15, 0.2) is 54.6 Å². The van der Waals surface area contributed by atoms with Crippen LogP contribution in [-0.4, -0.2) is 37.0 Å². The van der Waals surface area contributed by atoms with Gasteiger partial charge in [-0.3, -0.25) is 4.79 Å². The summed E-state index contributed by atoms with van der Waals surface area (Å²) >= 11 is 0. The Morgan fingerprint density at radius 3 is 2.42 bits per heavy atom. The fourth-order valence-electron chi connectivity index (χ4n) is 3.29. The van der Waals surface area contributed by atoms with Gasteiger partial charge < -0.3 is 9.80 Å². The smallest absolute Gasteiger partial charge is 0.222 e. The van der Waals surface area contributed by atoms with Gasteiger partial charge in [-0.1, -0.05) is 42.5 Å². The number of nitrogens with zero attached hydrogens (tertiary/aromatic N) is 2. The van der Waals surface area contributed by atoms with Crippen LogP contribution in [0.5, 0.6) is 0 Å². The number of carbonyl (C=O) groups excluding carboxylic acids is 1. The topological polar surface area (TPSA) is 23.6 Å². The van der Waals surface area contributed by atoms with Crippen LogP contribution in [0.2, 0.25) is 0 Å². The molecule has 126 valence electrons. The van der Waals surface area contributed by atoms with E-state index in [1.165, 1.54) is 16.8 Å². The number of aryl methyl sites for hydroxylation is 2. The molecule has 1 saturated heterocycles. The molecule has 0 aromatic heterocycles. The Hall–Kier alpha value is -2.29. The summed E-state index contributed by atoms with van der Waals surface area (Å²) in [7, 11) is 0. The van der Waals surface area contributed by atoms with Crippen molar-refractivity contribution in [3.8, 4) is 0 Å². The summed E-state index contributed by atoms with van der Waals surface area (Å²) in [6.45, 7) is 5.63. The summed E-state index contributed by atoms with van der Waals surface area (Å²) < 4.78 is 0. The molecule has 3 heteroatoms. The minimum atomic E-state index is 0.301. The van der Waals surface area contributed by atoms with Crippen molar-refractivity contribution in [2.75, 3.05) is 31.1 Å². The maximum Gasteiger partial charge on any atom is 0.222 e. The molecule has 1 aliphatic rings. The second kappa shape index (κ2) is 8.00. The standard InChI is InChI=1S/C21H26N2O/c1-18-7-5-11-20(17-18)22-13-15-23(16-14-22)21(24)12-6-10-19-8-3-2-4-9-19/h2-5,7-9,11,17H,6,10,12-16H2,1H3. The van der Waals surface area contributed by atoms with Crippen molar-refractivity contribution in [1.29, 1.82) is 0 Å². The summed E-state index contributed by atoms with van der Waals surface area (Å²) in [6, 6.07) is 19.0. The van der Waals surface area contributed by atoms with Crippen molar-refractivity contribution in [1.82, 2.24) is 4.90 Å². The highest BCUT2D eigenvalue weighted by molar-refractivity contribution is 5.76. The van der Waals surface area contributed by atoms with Gasteiger partial charge in [-0.2, -0.15) is 0 Å². The Bertz CT molecular complexity index is 661. The lowest BCUT2D eigenvalue weighted by Gasteiger charge is -2.36. The van der Waals surface area contributed by atoms with Crippen molar-refractivity contribution in [2.45, 2.75) is 26.2 Å². The number of hydrogen-bond acceptors (Lipinski definition) is 2. The highest BCUT2D eigenvalue weighted by Crippen LogP contribution is 2.18. The van der Waals surface area contributed by atoms with E-state index in [1.54, 1.807) is 0 Å². The van der Waals surface area contributed by atoms with Crippen LogP contribution in [0.25, 0.3) is 0 Å². The molecule has 0 atom stereocenters. The molecular weight excluding hydrogens is 296 g/mol. The molecule has 2 aromatic rings. The molecule has 1 heterocycles. The van der Waals surface area contributed by atoms with Gasteiger partial charge in [0.2, 0.25) is 5.91 Å². The van der Waals surface area contributed by atoms with Crippen molar-refractivity contribution < 1.29 is 4.79 Å². The lowest BCUT2D eigenvalue weighted by atomic mass is 10.1. The number of anilines is 1. The Balaban J connectivity index is 1.43. The first-order valence-corrected chi connectivity index (χ1v) is 8.86. The van der Waals surface area contributed by atoms with Crippen LogP contribution in [0, 0.1) is 6.92 Å². The Morgan fingerprint density at radius 1 is 0.958 bits per heavy atom. The summed E-state index contributed by atoms with van der Waals surface area (Å²) in [5.41, 5.74) is 3.87. The van der Waals surface area contributed by atoms with Crippen LogP contribution in [0.3, 0.4) is 0 Å². The zero-order chi connectivity index (χ0) is 16.8. The van der Waals surface area contributed by atoms with Crippen LogP contribution in [0.1, 0.15) is 24.0 Å². The maximum atomic E-state index is 12.4. The van der Waals surface area contributed by atoms with E-state index in [0.29, 0.717) is 12.3 Å². The molecule has 0 bridgehead atoms. The van der Waals surface area contributed by atoms with E-state index >= 15 is 0 Å². The normalized spacial score (nSPS) is 14.7. The molecule has 1 fully saturated rings. The molecule has 0 unspecified atom stereocenters. The van der Waals surface area contributed by atoms with E-state index in [1.807, 2.05) is 11.0 Å². The maximum absolute atomic E-state index is 12.4. The fourth-order valence-corrected chi connectivity index (χ4v) is 3.29. The largest absolute Gasteiger partial charge is 0.368 e. The number of rotatable bonds is 5. The van der Waals surface area contributed by atoms with Gasteiger partial charge in [-0.05, 0) is 43.0 Å². The van der Waals surface area contributed by atoms with Crippen LogP contribution in [0.4, 0.5) is 5.69 Å². The zero-order valence-electron chi connectivity index (χ0n) is 14.4. The number of amides is 1. The predicted molar refractivity (Wildman–Crippen MR) is 99.4 cm³/mol. The molecule has 2 aromatic carbocycles. The number of benzene rings is 2. The monoisotopic (exact) mass is 322 g/mol. The molecule has 0 aliphatic carbocycles. The van der Waals surface area contributed by atoms with Gasteiger partial charge in [0.25, 0.3) is 0 Å². The molecule has 0 N–H and O–H groups in total. The van der Waals surface area contributed by atoms with Gasteiger partial charge in [0.1, 0.15) is 0 Å². The summed E-state index contributed by atoms with van der Waals surface area (Å²) in [5, 5.41) is 0. The van der Waals surface area contributed by atoms with Crippen molar-refractivity contribution in [2.24, 2.45) is 0 Å². The van der Waals surface area contributed by atoms with E-state index in [9.17, 15) is 4.79 Å². The minimum Gasteiger partial charge on any atom is -0.368 e. The second-order valence-corrected chi connectivity index (χ2v) is 6.55. The Kier molecular flexibility index (Phi) is 5.52. The van der Waals surface area contributed by atoms with Crippen LogP contribution >= 0.6 is 0 Å². The minimum absolute atomic E-state index is 0.301. The zero-order valence-corrected chi connectivity index (χ0v) is 14.4. The van der Waals surface area contributed by atoms with Gasteiger partial charge >= 0.3 is 0 Å².